The largest absolute Gasteiger partial charge is 0.459 e. The molecular formula is C28H25N7O5. The summed E-state index contributed by atoms with van der Waals surface area (Å²) < 4.78 is 21.1. The lowest BCUT2D eigenvalue weighted by Gasteiger charge is -2.19. The second-order valence-corrected chi connectivity index (χ2v) is 9.53. The van der Waals surface area contributed by atoms with Crippen molar-refractivity contribution in [3.63, 3.8) is 0 Å². The van der Waals surface area contributed by atoms with Crippen molar-refractivity contribution < 1.29 is 23.8 Å². The summed E-state index contributed by atoms with van der Waals surface area (Å²) in [4.78, 5) is 38.9. The van der Waals surface area contributed by atoms with Crippen LogP contribution in [0.25, 0.3) is 17.0 Å². The van der Waals surface area contributed by atoms with Gasteiger partial charge in [-0.2, -0.15) is 0 Å². The highest BCUT2D eigenvalue weighted by Gasteiger charge is 2.40. The Hall–Kier alpha value is -4.97. The van der Waals surface area contributed by atoms with Gasteiger partial charge in [-0.25, -0.2) is 24.5 Å². The number of nitrogens with zero attached hydrogens (tertiary/aromatic N) is 7. The van der Waals surface area contributed by atoms with Crippen molar-refractivity contribution in [2.45, 2.75) is 38.7 Å². The Bertz CT molecular complexity index is 1650. The summed E-state index contributed by atoms with van der Waals surface area (Å²) in [7, 11) is 0. The van der Waals surface area contributed by atoms with Crippen molar-refractivity contribution in [3.8, 4) is 5.82 Å². The van der Waals surface area contributed by atoms with E-state index >= 15 is 0 Å². The van der Waals surface area contributed by atoms with Gasteiger partial charge < -0.3 is 14.2 Å². The molecule has 40 heavy (non-hydrogen) atoms. The minimum Gasteiger partial charge on any atom is -0.459 e. The zero-order chi connectivity index (χ0) is 27.6. The normalized spacial score (nSPS) is 18.6. The lowest BCUT2D eigenvalue weighted by molar-refractivity contribution is -0.0563. The van der Waals surface area contributed by atoms with Crippen LogP contribution in [0.4, 0.5) is 0 Å². The van der Waals surface area contributed by atoms with Gasteiger partial charge in [-0.05, 0) is 38.1 Å². The number of hydrogen-bond acceptors (Lipinski definition) is 10. The zero-order valence-corrected chi connectivity index (χ0v) is 21.7. The molecule has 0 N–H and O–H groups in total. The van der Waals surface area contributed by atoms with Crippen LogP contribution in [0.5, 0.6) is 0 Å². The third-order valence-corrected chi connectivity index (χ3v) is 6.71. The Morgan fingerprint density at radius 2 is 1.52 bits per heavy atom. The predicted molar refractivity (Wildman–Crippen MR) is 141 cm³/mol. The number of benzene rings is 2. The smallest absolute Gasteiger partial charge is 0.338 e. The van der Waals surface area contributed by atoms with Crippen LogP contribution in [0, 0.1) is 13.8 Å². The van der Waals surface area contributed by atoms with Crippen LogP contribution < -0.4 is 0 Å². The van der Waals surface area contributed by atoms with E-state index < -0.39 is 30.4 Å². The zero-order valence-electron chi connectivity index (χ0n) is 21.7. The van der Waals surface area contributed by atoms with Crippen molar-refractivity contribution >= 4 is 23.1 Å². The first-order valence-corrected chi connectivity index (χ1v) is 12.7. The summed E-state index contributed by atoms with van der Waals surface area (Å²) in [6.45, 7) is 3.77. The average molecular weight is 540 g/mol. The lowest BCUT2D eigenvalue weighted by atomic mass is 10.1. The van der Waals surface area contributed by atoms with Crippen molar-refractivity contribution in [1.29, 1.82) is 0 Å². The van der Waals surface area contributed by atoms with Gasteiger partial charge in [-0.3, -0.25) is 9.13 Å². The molecule has 1 aliphatic heterocycles. The third-order valence-electron chi connectivity index (χ3n) is 6.71. The van der Waals surface area contributed by atoms with E-state index in [1.165, 1.54) is 19.0 Å². The minimum atomic E-state index is -0.717. The maximum absolute atomic E-state index is 13.0. The molecule has 2 aromatic carbocycles. The van der Waals surface area contributed by atoms with Gasteiger partial charge >= 0.3 is 11.9 Å². The Labute approximate surface area is 228 Å². The van der Waals surface area contributed by atoms with E-state index in [0.29, 0.717) is 34.5 Å². The molecule has 0 radical (unpaired) electrons. The number of rotatable bonds is 7. The molecule has 3 aromatic heterocycles. The molecular weight excluding hydrogens is 514 g/mol. The van der Waals surface area contributed by atoms with Gasteiger partial charge in [-0.1, -0.05) is 35.4 Å². The summed E-state index contributed by atoms with van der Waals surface area (Å²) in [5.41, 5.74) is 3.95. The van der Waals surface area contributed by atoms with Gasteiger partial charge in [0, 0.05) is 6.42 Å². The third kappa shape index (κ3) is 5.04. The number of carbonyl (C=O) groups is 2. The highest BCUT2D eigenvalue weighted by Crippen LogP contribution is 2.34. The van der Waals surface area contributed by atoms with Gasteiger partial charge in [0.15, 0.2) is 17.0 Å². The van der Waals surface area contributed by atoms with Crippen LogP contribution in [0.3, 0.4) is 0 Å². The lowest BCUT2D eigenvalue weighted by Crippen LogP contribution is -2.32. The fraction of sp³-hybridized carbons (Fsp3) is 0.250. The number of aryl methyl sites for hydroxylation is 2. The van der Waals surface area contributed by atoms with Crippen molar-refractivity contribution in [2.24, 2.45) is 0 Å². The second-order valence-electron chi connectivity index (χ2n) is 9.53. The molecule has 1 saturated heterocycles. The maximum atomic E-state index is 13.0. The summed E-state index contributed by atoms with van der Waals surface area (Å²) in [5.74, 6) is -0.468. The number of imidazole rings is 1. The molecule has 0 aliphatic carbocycles. The summed E-state index contributed by atoms with van der Waals surface area (Å²) in [6.07, 6.45) is 4.34. The Morgan fingerprint density at radius 1 is 0.875 bits per heavy atom. The highest BCUT2D eigenvalue weighted by molar-refractivity contribution is 5.90. The Morgan fingerprint density at radius 3 is 2.20 bits per heavy atom. The fourth-order valence-corrected chi connectivity index (χ4v) is 4.52. The van der Waals surface area contributed by atoms with E-state index in [-0.39, 0.29) is 6.61 Å². The fourth-order valence-electron chi connectivity index (χ4n) is 4.52. The van der Waals surface area contributed by atoms with Crippen molar-refractivity contribution in [3.05, 3.63) is 96.1 Å². The van der Waals surface area contributed by atoms with Crippen molar-refractivity contribution in [1.82, 2.24) is 34.3 Å². The molecule has 0 spiro atoms. The molecule has 0 amide bonds. The number of hydrogen-bond donors (Lipinski definition) is 0. The second kappa shape index (κ2) is 10.7. The average Bonchev–Trinajstić information content (AvgIpc) is 3.72. The maximum Gasteiger partial charge on any atom is 0.338 e. The molecule has 5 aromatic rings. The van der Waals surface area contributed by atoms with Crippen LogP contribution in [-0.4, -0.2) is 65.0 Å². The van der Waals surface area contributed by atoms with Crippen LogP contribution in [-0.2, 0) is 14.2 Å². The van der Waals surface area contributed by atoms with Gasteiger partial charge in [0.05, 0.1) is 17.5 Å². The van der Waals surface area contributed by atoms with Crippen molar-refractivity contribution in [2.75, 3.05) is 6.61 Å². The van der Waals surface area contributed by atoms with E-state index in [0.717, 1.165) is 11.1 Å². The first kappa shape index (κ1) is 25.3. The molecule has 1 aliphatic rings. The quantitative estimate of drug-likeness (QED) is 0.283. The highest BCUT2D eigenvalue weighted by atomic mass is 16.6. The molecule has 1 fully saturated rings. The number of fused-ring (bicyclic) bond motifs is 1. The van der Waals surface area contributed by atoms with Crippen LogP contribution >= 0.6 is 0 Å². The summed E-state index contributed by atoms with van der Waals surface area (Å²) in [5, 5.41) is 7.66. The SMILES string of the molecule is Cc1ccc(C(=O)OC[C@H]2O[C@@H](n3cnc4c(-n5cnnc5)ncnc43)C[C@@H]2OC(=O)c2ccc(C)cc2)cc1. The Balaban J connectivity index is 1.25. The van der Waals surface area contributed by atoms with Gasteiger partial charge in [0.2, 0.25) is 0 Å². The number of aromatic nitrogens is 7. The molecule has 3 atom stereocenters. The van der Waals surface area contributed by atoms with Gasteiger partial charge in [-0.15, -0.1) is 10.2 Å². The Kier molecular flexibility index (Phi) is 6.74. The number of esters is 2. The van der Waals surface area contributed by atoms with Gasteiger partial charge in [0.1, 0.15) is 44.0 Å². The van der Waals surface area contributed by atoms with Crippen LogP contribution in [0.2, 0.25) is 0 Å². The molecule has 0 saturated carbocycles. The summed E-state index contributed by atoms with van der Waals surface area (Å²) in [6, 6.07) is 14.2. The standard InChI is InChI=1S/C28H25N7O5/c1-17-3-7-19(8-4-17)27(36)38-12-22-21(40-28(37)20-9-5-18(2)6-10-20)11-23(39-22)35-14-31-24-25(29-13-30-26(24)35)34-15-32-33-16-34/h3-10,13-16,21-23H,11-12H2,1-2H3/t21-,22+,23+/m0/s1. The molecule has 0 bridgehead atoms. The van der Waals surface area contributed by atoms with E-state index in [2.05, 4.69) is 25.1 Å². The van der Waals surface area contributed by atoms with E-state index in [9.17, 15) is 9.59 Å². The van der Waals surface area contributed by atoms with E-state index in [1.807, 2.05) is 38.1 Å². The van der Waals surface area contributed by atoms with Gasteiger partial charge in [0.25, 0.3) is 0 Å². The topological polar surface area (TPSA) is 136 Å². The molecule has 202 valence electrons. The molecule has 4 heterocycles. The molecule has 6 rings (SSSR count). The van der Waals surface area contributed by atoms with E-state index in [4.69, 9.17) is 14.2 Å². The minimum absolute atomic E-state index is 0.109. The predicted octanol–water partition coefficient (Wildman–Crippen LogP) is 3.39. The van der Waals surface area contributed by atoms with Crippen LogP contribution in [0.15, 0.2) is 73.8 Å². The molecule has 0 unspecified atom stereocenters. The number of carbonyl (C=O) groups excluding carboxylic acids is 2. The van der Waals surface area contributed by atoms with E-state index in [1.54, 1.807) is 39.7 Å². The summed E-state index contributed by atoms with van der Waals surface area (Å²) >= 11 is 0. The monoisotopic (exact) mass is 539 g/mol. The molecule has 12 nitrogen and oxygen atoms in total. The van der Waals surface area contributed by atoms with Crippen LogP contribution in [0.1, 0.15) is 44.5 Å². The molecule has 12 heteroatoms. The first-order valence-electron chi connectivity index (χ1n) is 12.7. The first-order chi connectivity index (χ1) is 19.5. The number of ether oxygens (including phenoxy) is 3.